The normalized spacial score (nSPS) is 11.0. The third-order valence-electron chi connectivity index (χ3n) is 3.37. The van der Waals surface area contributed by atoms with Crippen LogP contribution in [0.4, 0.5) is 0 Å². The molecule has 3 rings (SSSR count). The lowest BCUT2D eigenvalue weighted by molar-refractivity contribution is 0.308. The van der Waals surface area contributed by atoms with Gasteiger partial charge in [-0.1, -0.05) is 43.3 Å². The van der Waals surface area contributed by atoms with Crippen molar-refractivity contribution in [3.8, 4) is 5.75 Å². The van der Waals surface area contributed by atoms with Gasteiger partial charge in [-0.15, -0.1) is 0 Å². The first-order valence-corrected chi connectivity index (χ1v) is 7.49. The zero-order valence-corrected chi connectivity index (χ0v) is 12.7. The number of ether oxygens (including phenoxy) is 1. The van der Waals surface area contributed by atoms with Crippen molar-refractivity contribution in [3.05, 3.63) is 59.4 Å². The molecule has 0 N–H and O–H groups in total. The van der Waals surface area contributed by atoms with Gasteiger partial charge in [-0.3, -0.25) is 0 Å². The molecule has 1 aromatic heterocycles. The maximum absolute atomic E-state index is 6.23. The number of aryl methyl sites for hydroxylation is 1. The molecule has 0 unspecified atom stereocenters. The van der Waals surface area contributed by atoms with Gasteiger partial charge >= 0.3 is 0 Å². The molecule has 0 amide bonds. The van der Waals surface area contributed by atoms with Crippen molar-refractivity contribution >= 4 is 22.6 Å². The highest BCUT2D eigenvalue weighted by Crippen LogP contribution is 2.29. The molecule has 21 heavy (non-hydrogen) atoms. The first kappa shape index (κ1) is 14.0. The molecule has 2 aromatic carbocycles. The van der Waals surface area contributed by atoms with E-state index in [0.29, 0.717) is 11.9 Å². The van der Waals surface area contributed by atoms with E-state index in [2.05, 4.69) is 24.0 Å². The van der Waals surface area contributed by atoms with E-state index >= 15 is 0 Å². The maximum Gasteiger partial charge on any atom is 0.203 e. The quantitative estimate of drug-likeness (QED) is 0.684. The number of rotatable bonds is 5. The summed E-state index contributed by atoms with van der Waals surface area (Å²) in [6.45, 7) is 3.49. The van der Waals surface area contributed by atoms with Crippen LogP contribution in [0.2, 0.25) is 5.28 Å². The zero-order chi connectivity index (χ0) is 14.7. The molecule has 1 heterocycles. The van der Waals surface area contributed by atoms with Crippen molar-refractivity contribution in [2.45, 2.75) is 26.5 Å². The molecule has 4 heteroatoms. The average Bonchev–Trinajstić information content (AvgIpc) is 2.83. The van der Waals surface area contributed by atoms with Gasteiger partial charge < -0.3 is 9.30 Å². The smallest absolute Gasteiger partial charge is 0.203 e. The summed E-state index contributed by atoms with van der Waals surface area (Å²) < 4.78 is 8.00. The summed E-state index contributed by atoms with van der Waals surface area (Å²) in [6, 6.07) is 16.0. The Morgan fingerprint density at radius 2 is 1.90 bits per heavy atom. The number of benzene rings is 2. The standard InChI is InChI=1S/C17H17ClN2O/c1-2-11-20-16-14(19-17(20)18)9-6-10-15(16)21-12-13-7-4-3-5-8-13/h3-10H,2,11-12H2,1H3. The van der Waals surface area contributed by atoms with E-state index in [0.717, 1.165) is 35.3 Å². The van der Waals surface area contributed by atoms with Gasteiger partial charge in [-0.05, 0) is 35.7 Å². The Kier molecular flexibility index (Phi) is 4.11. The molecule has 0 spiro atoms. The van der Waals surface area contributed by atoms with Gasteiger partial charge in [0.2, 0.25) is 5.28 Å². The summed E-state index contributed by atoms with van der Waals surface area (Å²) >= 11 is 6.23. The highest BCUT2D eigenvalue weighted by atomic mass is 35.5. The van der Waals surface area contributed by atoms with Crippen molar-refractivity contribution in [2.24, 2.45) is 0 Å². The van der Waals surface area contributed by atoms with Gasteiger partial charge in [0, 0.05) is 6.54 Å². The summed E-state index contributed by atoms with van der Waals surface area (Å²) in [7, 11) is 0. The fraction of sp³-hybridized carbons (Fsp3) is 0.235. The van der Waals surface area contributed by atoms with Gasteiger partial charge in [-0.25, -0.2) is 4.98 Å². The molecular formula is C17H17ClN2O. The molecule has 108 valence electrons. The number of hydrogen-bond acceptors (Lipinski definition) is 2. The second kappa shape index (κ2) is 6.19. The number of fused-ring (bicyclic) bond motifs is 1. The van der Waals surface area contributed by atoms with E-state index in [9.17, 15) is 0 Å². The Labute approximate surface area is 129 Å². The Bertz CT molecular complexity index is 737. The fourth-order valence-electron chi connectivity index (χ4n) is 2.40. The van der Waals surface area contributed by atoms with E-state index in [-0.39, 0.29) is 0 Å². The number of para-hydroxylation sites is 1. The molecule has 0 aliphatic heterocycles. The molecule has 0 fully saturated rings. The van der Waals surface area contributed by atoms with E-state index in [1.165, 1.54) is 0 Å². The fourth-order valence-corrected chi connectivity index (χ4v) is 2.66. The Morgan fingerprint density at radius 1 is 1.10 bits per heavy atom. The minimum absolute atomic E-state index is 0.516. The van der Waals surface area contributed by atoms with Crippen LogP contribution in [0.1, 0.15) is 18.9 Å². The number of nitrogens with zero attached hydrogens (tertiary/aromatic N) is 2. The summed E-state index contributed by atoms with van der Waals surface area (Å²) in [4.78, 5) is 4.40. The monoisotopic (exact) mass is 300 g/mol. The van der Waals surface area contributed by atoms with Crippen LogP contribution < -0.4 is 4.74 Å². The Morgan fingerprint density at radius 3 is 2.67 bits per heavy atom. The Hall–Kier alpha value is -2.00. The number of halogens is 1. The predicted octanol–water partition coefficient (Wildman–Crippen LogP) is 4.68. The number of imidazole rings is 1. The SMILES string of the molecule is CCCn1c(Cl)nc2cccc(OCc3ccccc3)c21. The van der Waals surface area contributed by atoms with Gasteiger partial charge in [0.15, 0.2) is 0 Å². The van der Waals surface area contributed by atoms with Crippen LogP contribution in [0.25, 0.3) is 11.0 Å². The summed E-state index contributed by atoms with van der Waals surface area (Å²) in [6.07, 6.45) is 0.998. The van der Waals surface area contributed by atoms with Crippen LogP contribution in [-0.2, 0) is 13.2 Å². The predicted molar refractivity (Wildman–Crippen MR) is 85.8 cm³/mol. The molecule has 0 radical (unpaired) electrons. The van der Waals surface area contributed by atoms with Crippen molar-refractivity contribution in [3.63, 3.8) is 0 Å². The van der Waals surface area contributed by atoms with Crippen LogP contribution in [-0.4, -0.2) is 9.55 Å². The van der Waals surface area contributed by atoms with E-state index in [1.54, 1.807) is 0 Å². The molecule has 0 saturated carbocycles. The minimum Gasteiger partial charge on any atom is -0.487 e. The average molecular weight is 301 g/mol. The largest absolute Gasteiger partial charge is 0.487 e. The van der Waals surface area contributed by atoms with E-state index in [1.807, 2.05) is 41.0 Å². The lowest BCUT2D eigenvalue weighted by Gasteiger charge is -2.10. The molecule has 0 aliphatic rings. The van der Waals surface area contributed by atoms with Gasteiger partial charge in [-0.2, -0.15) is 0 Å². The molecular weight excluding hydrogens is 284 g/mol. The third-order valence-corrected chi connectivity index (χ3v) is 3.66. The molecule has 0 atom stereocenters. The van der Waals surface area contributed by atoms with Crippen molar-refractivity contribution < 1.29 is 4.74 Å². The second-order valence-electron chi connectivity index (χ2n) is 4.93. The van der Waals surface area contributed by atoms with Crippen molar-refractivity contribution in [2.75, 3.05) is 0 Å². The summed E-state index contributed by atoms with van der Waals surface area (Å²) in [5, 5.41) is 0.516. The van der Waals surface area contributed by atoms with Crippen LogP contribution in [0.15, 0.2) is 48.5 Å². The first-order valence-electron chi connectivity index (χ1n) is 7.11. The van der Waals surface area contributed by atoms with Crippen LogP contribution in [0.3, 0.4) is 0 Å². The van der Waals surface area contributed by atoms with Crippen LogP contribution >= 0.6 is 11.6 Å². The highest BCUT2D eigenvalue weighted by Gasteiger charge is 2.13. The topological polar surface area (TPSA) is 27.1 Å². The number of hydrogen-bond donors (Lipinski definition) is 0. The molecule has 3 aromatic rings. The second-order valence-corrected chi connectivity index (χ2v) is 5.27. The van der Waals surface area contributed by atoms with Crippen molar-refractivity contribution in [1.29, 1.82) is 0 Å². The van der Waals surface area contributed by atoms with Gasteiger partial charge in [0.05, 0.1) is 5.52 Å². The molecule has 0 aliphatic carbocycles. The third kappa shape index (κ3) is 2.88. The summed E-state index contributed by atoms with van der Waals surface area (Å²) in [5.74, 6) is 0.823. The van der Waals surface area contributed by atoms with Gasteiger partial charge in [0.25, 0.3) is 0 Å². The van der Waals surface area contributed by atoms with Crippen LogP contribution in [0, 0.1) is 0 Å². The van der Waals surface area contributed by atoms with Crippen LogP contribution in [0.5, 0.6) is 5.75 Å². The maximum atomic E-state index is 6.23. The lowest BCUT2D eigenvalue weighted by Crippen LogP contribution is -2.00. The molecule has 0 saturated heterocycles. The van der Waals surface area contributed by atoms with Gasteiger partial charge in [0.1, 0.15) is 17.9 Å². The zero-order valence-electron chi connectivity index (χ0n) is 11.9. The first-order chi connectivity index (χ1) is 10.3. The minimum atomic E-state index is 0.516. The highest BCUT2D eigenvalue weighted by molar-refractivity contribution is 6.29. The Balaban J connectivity index is 1.94. The lowest BCUT2D eigenvalue weighted by atomic mass is 10.2. The van der Waals surface area contributed by atoms with E-state index in [4.69, 9.17) is 16.3 Å². The molecule has 3 nitrogen and oxygen atoms in total. The molecule has 0 bridgehead atoms. The summed E-state index contributed by atoms with van der Waals surface area (Å²) in [5.41, 5.74) is 2.99. The number of aromatic nitrogens is 2. The van der Waals surface area contributed by atoms with E-state index < -0.39 is 0 Å². The van der Waals surface area contributed by atoms with Crippen molar-refractivity contribution in [1.82, 2.24) is 9.55 Å².